The van der Waals surface area contributed by atoms with E-state index >= 15 is 0 Å². The quantitative estimate of drug-likeness (QED) is 0.0807. The van der Waals surface area contributed by atoms with E-state index < -0.39 is 17.9 Å². The van der Waals surface area contributed by atoms with E-state index in [0.29, 0.717) is 12.8 Å². The second-order valence-corrected chi connectivity index (χ2v) is 8.68. The Hall–Kier alpha value is -3.94. The van der Waals surface area contributed by atoms with Crippen LogP contribution in [0.2, 0.25) is 0 Å². The van der Waals surface area contributed by atoms with Crippen molar-refractivity contribution in [3.8, 4) is 0 Å². The number of amides is 3. The van der Waals surface area contributed by atoms with Gasteiger partial charge in [-0.2, -0.15) is 0 Å². The molecule has 0 rings (SSSR count). The Bertz CT molecular complexity index is 942. The highest BCUT2D eigenvalue weighted by molar-refractivity contribution is 5.94. The second kappa shape index (κ2) is 26.7. The molecule has 0 aromatic rings. The van der Waals surface area contributed by atoms with Gasteiger partial charge in [0.1, 0.15) is 6.04 Å². The van der Waals surface area contributed by atoms with Crippen LogP contribution in [-0.2, 0) is 23.9 Å². The molecule has 0 fully saturated rings. The normalized spacial score (nSPS) is 13.0. The van der Waals surface area contributed by atoms with Gasteiger partial charge in [-0.15, -0.1) is 0 Å². The second-order valence-electron chi connectivity index (χ2n) is 8.68. The number of rotatable bonds is 21. The molecule has 220 valence electrons. The van der Waals surface area contributed by atoms with E-state index in [2.05, 4.69) is 88.4 Å². The molecular formula is C32H47N3O5. The Balaban J connectivity index is 3.85. The van der Waals surface area contributed by atoms with Crippen LogP contribution >= 0.6 is 0 Å². The van der Waals surface area contributed by atoms with Crippen LogP contribution in [-0.4, -0.2) is 49.9 Å². The van der Waals surface area contributed by atoms with Crippen molar-refractivity contribution in [3.05, 3.63) is 85.1 Å². The SMILES string of the molecule is CC/C=C\C/C=C\C/C=C\C/C=C\C/C=C\C/C=C\CCC(=O)N[C@@H](C)C(=O)NCCNC(=O)/C=C/C(=O)OC. The molecule has 0 bridgehead atoms. The summed E-state index contributed by atoms with van der Waals surface area (Å²) in [5.41, 5.74) is 0. The summed E-state index contributed by atoms with van der Waals surface area (Å²) in [5.74, 6) is -1.66. The van der Waals surface area contributed by atoms with Crippen molar-refractivity contribution in [2.24, 2.45) is 0 Å². The van der Waals surface area contributed by atoms with Crippen LogP contribution in [0.5, 0.6) is 0 Å². The highest BCUT2D eigenvalue weighted by atomic mass is 16.5. The zero-order chi connectivity index (χ0) is 29.7. The van der Waals surface area contributed by atoms with Crippen molar-refractivity contribution in [2.75, 3.05) is 20.2 Å². The maximum atomic E-state index is 12.1. The monoisotopic (exact) mass is 553 g/mol. The minimum Gasteiger partial charge on any atom is -0.466 e. The number of nitrogens with one attached hydrogen (secondary N) is 3. The average Bonchev–Trinajstić information content (AvgIpc) is 2.94. The van der Waals surface area contributed by atoms with Crippen molar-refractivity contribution in [2.45, 2.75) is 71.3 Å². The largest absolute Gasteiger partial charge is 0.466 e. The summed E-state index contributed by atoms with van der Waals surface area (Å²) in [7, 11) is 1.21. The fraction of sp³-hybridized carbons (Fsp3) is 0.438. The van der Waals surface area contributed by atoms with Gasteiger partial charge in [0.2, 0.25) is 17.7 Å². The van der Waals surface area contributed by atoms with Gasteiger partial charge in [-0.05, 0) is 51.9 Å². The van der Waals surface area contributed by atoms with Gasteiger partial charge in [0.15, 0.2) is 0 Å². The summed E-state index contributed by atoms with van der Waals surface area (Å²) >= 11 is 0. The first-order valence-electron chi connectivity index (χ1n) is 13.9. The van der Waals surface area contributed by atoms with E-state index in [4.69, 9.17) is 0 Å². The molecule has 1 atom stereocenters. The third-order valence-electron chi connectivity index (χ3n) is 5.20. The molecule has 0 aliphatic carbocycles. The van der Waals surface area contributed by atoms with Crippen LogP contribution in [0.25, 0.3) is 0 Å². The fourth-order valence-corrected chi connectivity index (χ4v) is 3.03. The van der Waals surface area contributed by atoms with Crippen molar-refractivity contribution in [1.29, 1.82) is 0 Å². The number of hydrogen-bond acceptors (Lipinski definition) is 5. The number of carbonyl (C=O) groups excluding carboxylic acids is 4. The maximum absolute atomic E-state index is 12.1. The van der Waals surface area contributed by atoms with Crippen molar-refractivity contribution < 1.29 is 23.9 Å². The maximum Gasteiger partial charge on any atom is 0.330 e. The van der Waals surface area contributed by atoms with E-state index in [0.717, 1.165) is 50.7 Å². The number of hydrogen-bond donors (Lipinski definition) is 3. The molecule has 0 aromatic heterocycles. The molecule has 40 heavy (non-hydrogen) atoms. The Morgan fingerprint density at radius 2 is 1.15 bits per heavy atom. The Kier molecular flexibility index (Phi) is 24.0. The summed E-state index contributed by atoms with van der Waals surface area (Å²) in [6, 6.07) is -0.687. The van der Waals surface area contributed by atoms with E-state index in [9.17, 15) is 19.2 Å². The molecule has 0 saturated heterocycles. The van der Waals surface area contributed by atoms with Gasteiger partial charge in [0.25, 0.3) is 0 Å². The molecule has 0 aromatic carbocycles. The Morgan fingerprint density at radius 1 is 0.675 bits per heavy atom. The summed E-state index contributed by atoms with van der Waals surface area (Å²) in [5, 5.41) is 7.81. The fourth-order valence-electron chi connectivity index (χ4n) is 3.03. The molecule has 3 N–H and O–H groups in total. The van der Waals surface area contributed by atoms with Gasteiger partial charge < -0.3 is 20.7 Å². The summed E-state index contributed by atoms with van der Waals surface area (Å²) in [4.78, 5) is 46.6. The topological polar surface area (TPSA) is 114 Å². The van der Waals surface area contributed by atoms with E-state index in [1.807, 2.05) is 12.2 Å². The highest BCUT2D eigenvalue weighted by Crippen LogP contribution is 1.98. The highest BCUT2D eigenvalue weighted by Gasteiger charge is 2.14. The third kappa shape index (κ3) is 24.4. The first-order chi connectivity index (χ1) is 19.4. The lowest BCUT2D eigenvalue weighted by Crippen LogP contribution is -2.46. The molecule has 0 aliphatic heterocycles. The van der Waals surface area contributed by atoms with Crippen LogP contribution < -0.4 is 16.0 Å². The molecule has 0 aliphatic rings. The zero-order valence-corrected chi connectivity index (χ0v) is 24.3. The van der Waals surface area contributed by atoms with Crippen LogP contribution in [0, 0.1) is 0 Å². The van der Waals surface area contributed by atoms with Crippen LogP contribution in [0.15, 0.2) is 85.1 Å². The molecule has 0 radical (unpaired) electrons. The van der Waals surface area contributed by atoms with E-state index in [1.165, 1.54) is 7.11 Å². The predicted molar refractivity (Wildman–Crippen MR) is 162 cm³/mol. The van der Waals surface area contributed by atoms with Gasteiger partial charge in [-0.3, -0.25) is 14.4 Å². The summed E-state index contributed by atoms with van der Waals surface area (Å²) < 4.78 is 4.39. The van der Waals surface area contributed by atoms with Gasteiger partial charge in [-0.1, -0.05) is 79.8 Å². The average molecular weight is 554 g/mol. The lowest BCUT2D eigenvalue weighted by Gasteiger charge is -2.14. The van der Waals surface area contributed by atoms with E-state index in [-0.39, 0.29) is 24.9 Å². The first kappa shape index (κ1) is 36.1. The molecule has 3 amide bonds. The minimum absolute atomic E-state index is 0.180. The van der Waals surface area contributed by atoms with Crippen molar-refractivity contribution >= 4 is 23.7 Å². The summed E-state index contributed by atoms with van der Waals surface area (Å²) in [6.07, 6.45) is 34.3. The number of methoxy groups -OCH3 is 1. The van der Waals surface area contributed by atoms with Gasteiger partial charge in [0.05, 0.1) is 7.11 Å². The standard InChI is InChI=1S/C32H47N3O5/c1-4-5-6-7-8-9-10-11-12-13-14-15-16-17-18-19-20-21-22-23-30(37)35-28(2)32(39)34-27-26-33-29(36)24-25-31(38)40-3/h5-6,8-9,11-12,14-15,17-18,20-21,24-25,28H,4,7,10,13,16,19,22-23,26-27H2,1-3H3,(H,33,36)(H,34,39)(H,35,37)/b6-5-,9-8-,12-11-,15-14-,18-17-,21-20-,25-24+/t28-/m0/s1. The van der Waals surface area contributed by atoms with Crippen LogP contribution in [0.4, 0.5) is 0 Å². The third-order valence-corrected chi connectivity index (χ3v) is 5.20. The van der Waals surface area contributed by atoms with Gasteiger partial charge >= 0.3 is 5.97 Å². The van der Waals surface area contributed by atoms with Crippen LogP contribution in [0.1, 0.15) is 65.2 Å². The first-order valence-corrected chi connectivity index (χ1v) is 13.9. The molecule has 0 heterocycles. The lowest BCUT2D eigenvalue weighted by atomic mass is 10.2. The smallest absolute Gasteiger partial charge is 0.330 e. The lowest BCUT2D eigenvalue weighted by molar-refractivity contribution is -0.135. The Labute approximate surface area is 240 Å². The molecule has 0 saturated carbocycles. The molecule has 0 unspecified atom stereocenters. The summed E-state index contributed by atoms with van der Waals surface area (Å²) in [6.45, 7) is 4.11. The Morgan fingerprint density at radius 3 is 1.65 bits per heavy atom. The number of ether oxygens (including phenoxy) is 1. The van der Waals surface area contributed by atoms with Crippen molar-refractivity contribution in [3.63, 3.8) is 0 Å². The molecule has 0 spiro atoms. The van der Waals surface area contributed by atoms with Gasteiger partial charge in [-0.25, -0.2) is 4.79 Å². The van der Waals surface area contributed by atoms with Gasteiger partial charge in [0, 0.05) is 31.7 Å². The van der Waals surface area contributed by atoms with Crippen LogP contribution in [0.3, 0.4) is 0 Å². The zero-order valence-electron chi connectivity index (χ0n) is 24.3. The van der Waals surface area contributed by atoms with E-state index in [1.54, 1.807) is 6.92 Å². The van der Waals surface area contributed by atoms with Crippen molar-refractivity contribution in [1.82, 2.24) is 16.0 Å². The molecular weight excluding hydrogens is 506 g/mol. The number of carbonyl (C=O) groups is 4. The molecule has 8 nitrogen and oxygen atoms in total. The number of esters is 1. The molecule has 8 heteroatoms. The minimum atomic E-state index is -0.687. The number of allylic oxidation sites excluding steroid dienone is 12. The predicted octanol–water partition coefficient (Wildman–Crippen LogP) is 4.93.